The molecule has 3 aliphatic carbocycles. The highest BCUT2D eigenvalue weighted by Gasteiger charge is 2.64. The number of fused-ring (bicyclic) bond motifs is 5. The van der Waals surface area contributed by atoms with Crippen LogP contribution in [-0.2, 0) is 22.5 Å². The summed E-state index contributed by atoms with van der Waals surface area (Å²) in [4.78, 5) is 13.7. The maximum absolute atomic E-state index is 11.2. The Morgan fingerprint density at radius 3 is 2.70 bits per heavy atom. The van der Waals surface area contributed by atoms with Crippen molar-refractivity contribution in [1.29, 1.82) is 0 Å². The summed E-state index contributed by atoms with van der Waals surface area (Å²) in [5.74, 6) is 3.88. The van der Waals surface area contributed by atoms with E-state index in [9.17, 15) is 4.79 Å². The van der Waals surface area contributed by atoms with Crippen LogP contribution in [-0.4, -0.2) is 19.1 Å². The van der Waals surface area contributed by atoms with Gasteiger partial charge in [-0.15, -0.1) is 11.3 Å². The molecule has 0 saturated heterocycles. The number of methoxy groups -OCH3 is 1. The highest BCUT2D eigenvalue weighted by Crippen LogP contribution is 2.65. The number of ether oxygens (including phenoxy) is 1. The van der Waals surface area contributed by atoms with E-state index in [0.29, 0.717) is 6.42 Å². The average molecular weight is 291 g/mol. The quantitative estimate of drug-likeness (QED) is 0.848. The number of carbonyl (C=O) groups excluding carboxylic acids is 1. The first-order valence-electron chi connectivity index (χ1n) is 7.64. The van der Waals surface area contributed by atoms with E-state index in [4.69, 9.17) is 4.74 Å². The van der Waals surface area contributed by atoms with Gasteiger partial charge in [-0.25, -0.2) is 0 Å². The second-order valence-corrected chi connectivity index (χ2v) is 7.77. The Labute approximate surface area is 123 Å². The number of nitrogens with one attached hydrogen (secondary N) is 1. The standard InChI is InChI=1S/C16H21NO2S/c1-19-13(18)7-11-4-5-12(20-11)8-17-16-14-9-2-3-10(6-9)15(14)16/h4-5,9-10,14-17H,2-3,6-8H2,1H3. The van der Waals surface area contributed by atoms with Crippen molar-refractivity contribution in [1.82, 2.24) is 5.32 Å². The Balaban J connectivity index is 1.29. The third-order valence-electron chi connectivity index (χ3n) is 5.51. The van der Waals surface area contributed by atoms with Gasteiger partial charge in [-0.3, -0.25) is 4.79 Å². The summed E-state index contributed by atoms with van der Waals surface area (Å²) in [5.41, 5.74) is 0. The van der Waals surface area contributed by atoms with E-state index in [-0.39, 0.29) is 5.97 Å². The summed E-state index contributed by atoms with van der Waals surface area (Å²) in [5, 5.41) is 3.75. The molecule has 4 rings (SSSR count). The highest BCUT2D eigenvalue weighted by atomic mass is 32.1. The van der Waals surface area contributed by atoms with Gasteiger partial charge in [0.2, 0.25) is 0 Å². The predicted molar refractivity (Wildman–Crippen MR) is 78.5 cm³/mol. The van der Waals surface area contributed by atoms with Crippen LogP contribution in [0.2, 0.25) is 0 Å². The maximum atomic E-state index is 11.2. The first-order valence-corrected chi connectivity index (χ1v) is 8.45. The van der Waals surface area contributed by atoms with Crippen LogP contribution in [0.5, 0.6) is 0 Å². The van der Waals surface area contributed by atoms with Gasteiger partial charge in [-0.05, 0) is 55.1 Å². The van der Waals surface area contributed by atoms with Crippen LogP contribution >= 0.6 is 11.3 Å². The lowest BCUT2D eigenvalue weighted by atomic mass is 10.0. The number of rotatable bonds is 5. The third-order valence-corrected chi connectivity index (χ3v) is 6.60. The lowest BCUT2D eigenvalue weighted by Gasteiger charge is -2.09. The molecule has 1 aromatic heterocycles. The summed E-state index contributed by atoms with van der Waals surface area (Å²) in [6.45, 7) is 0.961. The minimum absolute atomic E-state index is 0.153. The van der Waals surface area contributed by atoms with Crippen molar-refractivity contribution in [3.8, 4) is 0 Å². The fraction of sp³-hybridized carbons (Fsp3) is 0.688. The Morgan fingerprint density at radius 1 is 1.30 bits per heavy atom. The molecule has 3 fully saturated rings. The molecule has 3 aliphatic rings. The van der Waals surface area contributed by atoms with E-state index in [1.54, 1.807) is 11.3 Å². The zero-order chi connectivity index (χ0) is 13.7. The number of thiophene rings is 1. The molecular formula is C16H21NO2S. The second kappa shape index (κ2) is 4.85. The van der Waals surface area contributed by atoms with E-state index >= 15 is 0 Å². The van der Waals surface area contributed by atoms with Crippen molar-refractivity contribution in [3.63, 3.8) is 0 Å². The van der Waals surface area contributed by atoms with Gasteiger partial charge in [0.15, 0.2) is 0 Å². The molecule has 0 spiro atoms. The average Bonchev–Trinajstić information content (AvgIpc) is 2.86. The molecule has 1 N–H and O–H groups in total. The number of hydrogen-bond acceptors (Lipinski definition) is 4. The molecule has 4 heteroatoms. The monoisotopic (exact) mass is 291 g/mol. The molecule has 0 aliphatic heterocycles. The van der Waals surface area contributed by atoms with E-state index in [1.165, 1.54) is 31.2 Å². The highest BCUT2D eigenvalue weighted by molar-refractivity contribution is 7.12. The number of hydrogen-bond donors (Lipinski definition) is 1. The predicted octanol–water partition coefficient (Wildman–Crippen LogP) is 2.60. The summed E-state index contributed by atoms with van der Waals surface area (Å²) < 4.78 is 4.70. The lowest BCUT2D eigenvalue weighted by molar-refractivity contribution is -0.139. The van der Waals surface area contributed by atoms with Gasteiger partial charge in [0.05, 0.1) is 13.5 Å². The van der Waals surface area contributed by atoms with Crippen molar-refractivity contribution in [3.05, 3.63) is 21.9 Å². The van der Waals surface area contributed by atoms with Crippen LogP contribution in [0.1, 0.15) is 29.0 Å². The molecule has 108 valence electrons. The van der Waals surface area contributed by atoms with Crippen LogP contribution in [0.4, 0.5) is 0 Å². The van der Waals surface area contributed by atoms with E-state index < -0.39 is 0 Å². The van der Waals surface area contributed by atoms with Crippen LogP contribution in [0.15, 0.2) is 12.1 Å². The summed E-state index contributed by atoms with van der Waals surface area (Å²) >= 11 is 1.73. The molecule has 0 aromatic carbocycles. The van der Waals surface area contributed by atoms with Crippen molar-refractivity contribution < 1.29 is 9.53 Å². The molecule has 3 saturated carbocycles. The van der Waals surface area contributed by atoms with E-state index in [1.807, 2.05) is 0 Å². The summed E-state index contributed by atoms with van der Waals surface area (Å²) in [6.07, 6.45) is 4.87. The van der Waals surface area contributed by atoms with Gasteiger partial charge in [-0.1, -0.05) is 0 Å². The fourth-order valence-corrected chi connectivity index (χ4v) is 5.60. The maximum Gasteiger partial charge on any atom is 0.310 e. The van der Waals surface area contributed by atoms with Crippen molar-refractivity contribution in [2.45, 2.75) is 38.3 Å². The number of esters is 1. The van der Waals surface area contributed by atoms with Gasteiger partial charge >= 0.3 is 5.97 Å². The largest absolute Gasteiger partial charge is 0.469 e. The van der Waals surface area contributed by atoms with Crippen molar-refractivity contribution in [2.75, 3.05) is 7.11 Å². The molecule has 20 heavy (non-hydrogen) atoms. The SMILES string of the molecule is COC(=O)Cc1ccc(CNC2C3C4CCC(C4)C23)s1. The van der Waals surface area contributed by atoms with Crippen molar-refractivity contribution >= 4 is 17.3 Å². The molecule has 0 amide bonds. The normalized spacial score (nSPS) is 37.0. The minimum atomic E-state index is -0.153. The van der Waals surface area contributed by atoms with Crippen LogP contribution in [0, 0.1) is 23.7 Å². The molecule has 0 radical (unpaired) electrons. The first kappa shape index (κ1) is 12.8. The first-order chi connectivity index (χ1) is 9.76. The Hall–Kier alpha value is -0.870. The van der Waals surface area contributed by atoms with Crippen LogP contribution in [0.3, 0.4) is 0 Å². The molecule has 3 nitrogen and oxygen atoms in total. The minimum Gasteiger partial charge on any atom is -0.469 e. The lowest BCUT2D eigenvalue weighted by Crippen LogP contribution is -2.21. The molecule has 2 bridgehead atoms. The summed E-state index contributed by atoms with van der Waals surface area (Å²) in [7, 11) is 1.44. The molecule has 4 unspecified atom stereocenters. The topological polar surface area (TPSA) is 38.3 Å². The summed E-state index contributed by atoms with van der Waals surface area (Å²) in [6, 6.07) is 4.98. The van der Waals surface area contributed by atoms with Gasteiger partial charge in [0.1, 0.15) is 0 Å². The van der Waals surface area contributed by atoms with Gasteiger partial charge in [0.25, 0.3) is 0 Å². The third kappa shape index (κ3) is 2.09. The van der Waals surface area contributed by atoms with E-state index in [2.05, 4.69) is 17.4 Å². The second-order valence-electron chi connectivity index (χ2n) is 6.52. The molecule has 1 aromatic rings. The van der Waals surface area contributed by atoms with Crippen LogP contribution < -0.4 is 5.32 Å². The number of carbonyl (C=O) groups is 1. The van der Waals surface area contributed by atoms with Gasteiger partial charge in [-0.2, -0.15) is 0 Å². The van der Waals surface area contributed by atoms with Crippen LogP contribution in [0.25, 0.3) is 0 Å². The fourth-order valence-electron chi connectivity index (χ4n) is 4.64. The zero-order valence-electron chi connectivity index (χ0n) is 11.8. The molecule has 4 atom stereocenters. The van der Waals surface area contributed by atoms with Gasteiger partial charge < -0.3 is 10.1 Å². The van der Waals surface area contributed by atoms with E-state index in [0.717, 1.165) is 41.1 Å². The smallest absolute Gasteiger partial charge is 0.310 e. The Morgan fingerprint density at radius 2 is 2.00 bits per heavy atom. The Bertz CT molecular complexity index is 510. The van der Waals surface area contributed by atoms with Crippen molar-refractivity contribution in [2.24, 2.45) is 23.7 Å². The molecular weight excluding hydrogens is 270 g/mol. The Kier molecular flexibility index (Phi) is 3.11. The molecule has 1 heterocycles. The van der Waals surface area contributed by atoms with Gasteiger partial charge in [0, 0.05) is 22.3 Å². The zero-order valence-corrected chi connectivity index (χ0v) is 12.6.